The molecule has 0 radical (unpaired) electrons. The second-order valence-electron chi connectivity index (χ2n) is 3.78. The number of hydrogen-bond acceptors (Lipinski definition) is 4. The average Bonchev–Trinajstić information content (AvgIpc) is 2.62. The van der Waals surface area contributed by atoms with Gasteiger partial charge in [-0.3, -0.25) is 9.55 Å². The first-order chi connectivity index (χ1) is 8.17. The summed E-state index contributed by atoms with van der Waals surface area (Å²) < 4.78 is 2.28. The number of nitrogens with zero attached hydrogens (tertiary/aromatic N) is 3. The van der Waals surface area contributed by atoms with Crippen LogP contribution in [0.1, 0.15) is 19.4 Å². The highest BCUT2D eigenvalue weighted by Gasteiger charge is 2.16. The Labute approximate surface area is 107 Å². The van der Waals surface area contributed by atoms with E-state index in [4.69, 9.17) is 0 Å². The predicted octanol–water partition coefficient (Wildman–Crippen LogP) is 1.05. The van der Waals surface area contributed by atoms with E-state index in [0.29, 0.717) is 15.9 Å². The van der Waals surface area contributed by atoms with Crippen molar-refractivity contribution in [3.05, 3.63) is 21.3 Å². The highest BCUT2D eigenvalue weighted by molar-refractivity contribution is 9.10. The number of imidazole rings is 1. The van der Waals surface area contributed by atoms with E-state index in [1.165, 1.54) is 0 Å². The molecule has 0 amide bonds. The van der Waals surface area contributed by atoms with Crippen molar-refractivity contribution in [3.63, 3.8) is 0 Å². The third-order valence-electron chi connectivity index (χ3n) is 2.67. The lowest BCUT2D eigenvalue weighted by Gasteiger charge is -2.15. The summed E-state index contributed by atoms with van der Waals surface area (Å²) in [5.41, 5.74) is 0.944. The molecule has 0 aliphatic rings. The van der Waals surface area contributed by atoms with Crippen molar-refractivity contribution >= 4 is 27.2 Å². The Kier molecular flexibility index (Phi) is 3.58. The fraction of sp³-hybridized carbons (Fsp3) is 0.500. The number of nitrogens with one attached hydrogen (secondary N) is 2. The van der Waals surface area contributed by atoms with Gasteiger partial charge in [-0.15, -0.1) is 0 Å². The smallest absolute Gasteiger partial charge is 0.318 e. The van der Waals surface area contributed by atoms with Gasteiger partial charge in [0.25, 0.3) is 0 Å². The Morgan fingerprint density at radius 2 is 2.41 bits per heavy atom. The first-order valence-corrected chi connectivity index (χ1v) is 6.24. The van der Waals surface area contributed by atoms with E-state index in [2.05, 4.69) is 36.2 Å². The maximum absolute atomic E-state index is 11.9. The van der Waals surface area contributed by atoms with Crippen LogP contribution in [0.2, 0.25) is 0 Å². The maximum atomic E-state index is 11.9. The standard InChI is InChI=1S/C10H14BrN5O/c1-3-6(4-12-2)16-9-8(15-10(16)17)13-5-7(11)14-9/h5-6,12H,3-4H2,1-2H3,(H,13,15,17). The Hall–Kier alpha value is -1.21. The topological polar surface area (TPSA) is 75.6 Å². The molecule has 92 valence electrons. The van der Waals surface area contributed by atoms with Crippen molar-refractivity contribution in [3.8, 4) is 0 Å². The van der Waals surface area contributed by atoms with Crippen molar-refractivity contribution in [2.75, 3.05) is 13.6 Å². The van der Waals surface area contributed by atoms with Crippen LogP contribution in [0.25, 0.3) is 11.3 Å². The predicted molar refractivity (Wildman–Crippen MR) is 69.1 cm³/mol. The van der Waals surface area contributed by atoms with E-state index in [1.54, 1.807) is 10.8 Å². The number of likely N-dealkylation sites (N-methyl/N-ethyl adjacent to an activating group) is 1. The molecular formula is C10H14BrN5O. The molecule has 7 heteroatoms. The molecule has 2 N–H and O–H groups in total. The van der Waals surface area contributed by atoms with Crippen molar-refractivity contribution in [2.24, 2.45) is 0 Å². The van der Waals surface area contributed by atoms with Crippen molar-refractivity contribution < 1.29 is 0 Å². The Morgan fingerprint density at radius 1 is 1.65 bits per heavy atom. The van der Waals surface area contributed by atoms with E-state index >= 15 is 0 Å². The van der Waals surface area contributed by atoms with Gasteiger partial charge in [0.05, 0.1) is 12.2 Å². The number of hydrogen-bond donors (Lipinski definition) is 2. The number of aromatic nitrogens is 4. The summed E-state index contributed by atoms with van der Waals surface area (Å²) in [4.78, 5) is 23.1. The van der Waals surface area contributed by atoms with Crippen LogP contribution in [0.15, 0.2) is 15.6 Å². The minimum absolute atomic E-state index is 0.0739. The van der Waals surface area contributed by atoms with Gasteiger partial charge < -0.3 is 5.32 Å². The molecule has 0 fully saturated rings. The Bertz CT molecular complexity index is 576. The fourth-order valence-corrected chi connectivity index (χ4v) is 2.14. The highest BCUT2D eigenvalue weighted by Crippen LogP contribution is 2.15. The van der Waals surface area contributed by atoms with E-state index in [-0.39, 0.29) is 11.7 Å². The molecule has 1 atom stereocenters. The first kappa shape index (κ1) is 12.3. The summed E-state index contributed by atoms with van der Waals surface area (Å²) in [6.07, 6.45) is 2.42. The molecule has 2 rings (SSSR count). The zero-order valence-corrected chi connectivity index (χ0v) is 11.3. The molecule has 0 aliphatic heterocycles. The lowest BCUT2D eigenvalue weighted by atomic mass is 10.2. The number of aromatic amines is 1. The van der Waals surface area contributed by atoms with Crippen LogP contribution in [-0.4, -0.2) is 33.1 Å². The number of rotatable bonds is 4. The van der Waals surface area contributed by atoms with Crippen LogP contribution in [-0.2, 0) is 0 Å². The zero-order valence-electron chi connectivity index (χ0n) is 9.70. The summed E-state index contributed by atoms with van der Waals surface area (Å²) in [6, 6.07) is 0.0739. The van der Waals surface area contributed by atoms with Gasteiger partial charge in [0.1, 0.15) is 4.60 Å². The molecule has 2 aromatic rings. The summed E-state index contributed by atoms with van der Waals surface area (Å²) in [5.74, 6) is 0. The van der Waals surface area contributed by atoms with Crippen LogP contribution >= 0.6 is 15.9 Å². The molecule has 6 nitrogen and oxygen atoms in total. The fourth-order valence-electron chi connectivity index (χ4n) is 1.86. The monoisotopic (exact) mass is 299 g/mol. The lowest BCUT2D eigenvalue weighted by Crippen LogP contribution is -2.29. The van der Waals surface area contributed by atoms with E-state index in [9.17, 15) is 4.79 Å². The molecular weight excluding hydrogens is 286 g/mol. The van der Waals surface area contributed by atoms with Crippen LogP contribution < -0.4 is 11.0 Å². The van der Waals surface area contributed by atoms with Gasteiger partial charge in [0, 0.05) is 6.54 Å². The molecule has 0 spiro atoms. The van der Waals surface area contributed by atoms with E-state index < -0.39 is 0 Å². The summed E-state index contributed by atoms with van der Waals surface area (Å²) in [7, 11) is 1.87. The minimum Gasteiger partial charge on any atom is -0.318 e. The second kappa shape index (κ2) is 4.97. The molecule has 17 heavy (non-hydrogen) atoms. The average molecular weight is 300 g/mol. The van der Waals surface area contributed by atoms with Gasteiger partial charge in [-0.25, -0.2) is 14.8 Å². The summed E-state index contributed by atoms with van der Waals surface area (Å²) in [5, 5.41) is 3.08. The number of fused-ring (bicyclic) bond motifs is 1. The highest BCUT2D eigenvalue weighted by atomic mass is 79.9. The molecule has 0 aliphatic carbocycles. The van der Waals surface area contributed by atoms with E-state index in [0.717, 1.165) is 13.0 Å². The van der Waals surface area contributed by atoms with Gasteiger partial charge in [-0.05, 0) is 29.4 Å². The Morgan fingerprint density at radius 3 is 3.06 bits per heavy atom. The van der Waals surface area contributed by atoms with Gasteiger partial charge in [0.2, 0.25) is 0 Å². The van der Waals surface area contributed by atoms with Crippen LogP contribution in [0.4, 0.5) is 0 Å². The largest absolute Gasteiger partial charge is 0.329 e. The van der Waals surface area contributed by atoms with Crippen molar-refractivity contribution in [1.29, 1.82) is 0 Å². The SMILES string of the molecule is CCC(CNC)n1c(=O)[nH]c2ncc(Br)nc21. The van der Waals surface area contributed by atoms with Gasteiger partial charge in [-0.1, -0.05) is 6.92 Å². The molecule has 2 heterocycles. The Balaban J connectivity index is 2.62. The molecule has 0 aromatic carbocycles. The summed E-state index contributed by atoms with van der Waals surface area (Å²) in [6.45, 7) is 2.76. The second-order valence-corrected chi connectivity index (χ2v) is 4.60. The minimum atomic E-state index is -0.166. The summed E-state index contributed by atoms with van der Waals surface area (Å²) >= 11 is 3.27. The third-order valence-corrected chi connectivity index (χ3v) is 3.06. The lowest BCUT2D eigenvalue weighted by molar-refractivity contribution is 0.462. The van der Waals surface area contributed by atoms with Crippen molar-refractivity contribution in [1.82, 2.24) is 24.8 Å². The quantitative estimate of drug-likeness (QED) is 0.885. The molecule has 0 saturated heterocycles. The third kappa shape index (κ3) is 2.25. The number of halogens is 1. The van der Waals surface area contributed by atoms with Gasteiger partial charge in [-0.2, -0.15) is 0 Å². The normalized spacial score (nSPS) is 13.1. The van der Waals surface area contributed by atoms with Crippen LogP contribution in [0.5, 0.6) is 0 Å². The molecule has 0 saturated carbocycles. The zero-order chi connectivity index (χ0) is 12.4. The van der Waals surface area contributed by atoms with Gasteiger partial charge in [0.15, 0.2) is 11.3 Å². The number of H-pyrrole nitrogens is 1. The van der Waals surface area contributed by atoms with Crippen molar-refractivity contribution in [2.45, 2.75) is 19.4 Å². The molecule has 1 unspecified atom stereocenters. The van der Waals surface area contributed by atoms with Crippen LogP contribution in [0.3, 0.4) is 0 Å². The molecule has 2 aromatic heterocycles. The van der Waals surface area contributed by atoms with Gasteiger partial charge >= 0.3 is 5.69 Å². The first-order valence-electron chi connectivity index (χ1n) is 5.44. The maximum Gasteiger partial charge on any atom is 0.329 e. The van der Waals surface area contributed by atoms with Crippen LogP contribution in [0, 0.1) is 0 Å². The molecule has 0 bridgehead atoms. The van der Waals surface area contributed by atoms with E-state index in [1.807, 2.05) is 14.0 Å².